The van der Waals surface area contributed by atoms with Crippen molar-refractivity contribution in [1.82, 2.24) is 0 Å². The standard InChI is InChI=1S/C10H12FNO3S/c1-2-16(13,14)12-5-6-15-10-7-8(11)3-4-9(10)12/h3-4,7H,2,5-6H2,1H3. The molecule has 0 spiro atoms. The van der Waals surface area contributed by atoms with Crippen LogP contribution in [0.5, 0.6) is 5.75 Å². The van der Waals surface area contributed by atoms with Gasteiger partial charge in [0.25, 0.3) is 0 Å². The highest BCUT2D eigenvalue weighted by Crippen LogP contribution is 2.33. The second-order valence-electron chi connectivity index (χ2n) is 3.43. The Hall–Kier alpha value is -1.30. The van der Waals surface area contributed by atoms with Gasteiger partial charge in [-0.05, 0) is 19.1 Å². The lowest BCUT2D eigenvalue weighted by atomic mass is 10.2. The van der Waals surface area contributed by atoms with Gasteiger partial charge in [-0.25, -0.2) is 12.8 Å². The summed E-state index contributed by atoms with van der Waals surface area (Å²) in [5, 5.41) is 0. The molecule has 16 heavy (non-hydrogen) atoms. The average Bonchev–Trinajstić information content (AvgIpc) is 2.27. The molecule has 0 fully saturated rings. The topological polar surface area (TPSA) is 46.6 Å². The highest BCUT2D eigenvalue weighted by Gasteiger charge is 2.27. The van der Waals surface area contributed by atoms with Crippen molar-refractivity contribution in [2.75, 3.05) is 23.2 Å². The molecule has 0 unspecified atom stereocenters. The minimum absolute atomic E-state index is 0.0177. The number of halogens is 1. The van der Waals surface area contributed by atoms with Gasteiger partial charge in [0.15, 0.2) is 0 Å². The van der Waals surface area contributed by atoms with E-state index in [1.165, 1.54) is 22.5 Å². The summed E-state index contributed by atoms with van der Waals surface area (Å²) in [6.45, 7) is 2.10. The Morgan fingerprint density at radius 3 is 2.94 bits per heavy atom. The van der Waals surface area contributed by atoms with Crippen molar-refractivity contribution in [3.63, 3.8) is 0 Å². The number of anilines is 1. The average molecular weight is 245 g/mol. The normalized spacial score (nSPS) is 15.5. The first-order chi connectivity index (χ1) is 7.54. The van der Waals surface area contributed by atoms with E-state index >= 15 is 0 Å². The first-order valence-electron chi connectivity index (χ1n) is 4.97. The van der Waals surface area contributed by atoms with E-state index in [9.17, 15) is 12.8 Å². The molecule has 0 saturated heterocycles. The highest BCUT2D eigenvalue weighted by atomic mass is 32.2. The maximum atomic E-state index is 13.0. The lowest BCUT2D eigenvalue weighted by Gasteiger charge is -2.29. The first-order valence-corrected chi connectivity index (χ1v) is 6.58. The van der Waals surface area contributed by atoms with Crippen LogP contribution >= 0.6 is 0 Å². The molecule has 0 aliphatic carbocycles. The van der Waals surface area contributed by atoms with Crippen LogP contribution in [-0.2, 0) is 10.0 Å². The Labute approximate surface area is 93.7 Å². The third kappa shape index (κ3) is 1.84. The molecule has 0 saturated carbocycles. The van der Waals surface area contributed by atoms with Crippen molar-refractivity contribution in [3.05, 3.63) is 24.0 Å². The van der Waals surface area contributed by atoms with E-state index in [1.807, 2.05) is 0 Å². The van der Waals surface area contributed by atoms with E-state index in [1.54, 1.807) is 6.92 Å². The van der Waals surface area contributed by atoms with Gasteiger partial charge in [-0.1, -0.05) is 0 Å². The van der Waals surface area contributed by atoms with Gasteiger partial charge in [0.2, 0.25) is 10.0 Å². The lowest BCUT2D eigenvalue weighted by Crippen LogP contribution is -2.38. The predicted octanol–water partition coefficient (Wildman–Crippen LogP) is 1.37. The van der Waals surface area contributed by atoms with Crippen LogP contribution < -0.4 is 9.04 Å². The van der Waals surface area contributed by atoms with E-state index in [0.29, 0.717) is 5.69 Å². The van der Waals surface area contributed by atoms with Gasteiger partial charge in [-0.3, -0.25) is 4.31 Å². The second-order valence-corrected chi connectivity index (χ2v) is 5.62. The summed E-state index contributed by atoms with van der Waals surface area (Å²) in [5.41, 5.74) is 0.412. The van der Waals surface area contributed by atoms with E-state index in [0.717, 1.165) is 0 Å². The molecule has 1 aromatic rings. The van der Waals surface area contributed by atoms with Gasteiger partial charge >= 0.3 is 0 Å². The number of hydrogen-bond acceptors (Lipinski definition) is 3. The molecule has 0 bridgehead atoms. The number of rotatable bonds is 2. The zero-order valence-electron chi connectivity index (χ0n) is 8.81. The van der Waals surface area contributed by atoms with E-state index in [4.69, 9.17) is 4.74 Å². The van der Waals surface area contributed by atoms with Gasteiger partial charge in [-0.2, -0.15) is 0 Å². The van der Waals surface area contributed by atoms with Crippen LogP contribution in [0.2, 0.25) is 0 Å². The Morgan fingerprint density at radius 2 is 2.25 bits per heavy atom. The van der Waals surface area contributed by atoms with Crippen LogP contribution in [0.3, 0.4) is 0 Å². The van der Waals surface area contributed by atoms with E-state index < -0.39 is 15.8 Å². The molecule has 0 amide bonds. The summed E-state index contributed by atoms with van der Waals surface area (Å²) >= 11 is 0. The largest absolute Gasteiger partial charge is 0.489 e. The fraction of sp³-hybridized carbons (Fsp3) is 0.400. The third-order valence-corrected chi connectivity index (χ3v) is 4.22. The smallest absolute Gasteiger partial charge is 0.235 e. The quantitative estimate of drug-likeness (QED) is 0.790. The van der Waals surface area contributed by atoms with Crippen molar-refractivity contribution in [2.45, 2.75) is 6.92 Å². The van der Waals surface area contributed by atoms with Crippen LogP contribution in [0.15, 0.2) is 18.2 Å². The maximum Gasteiger partial charge on any atom is 0.235 e. The Morgan fingerprint density at radius 1 is 1.50 bits per heavy atom. The maximum absolute atomic E-state index is 13.0. The Kier molecular flexibility index (Phi) is 2.75. The van der Waals surface area contributed by atoms with E-state index in [2.05, 4.69) is 0 Å². The fourth-order valence-corrected chi connectivity index (χ4v) is 2.73. The van der Waals surface area contributed by atoms with Crippen LogP contribution in [0.4, 0.5) is 10.1 Å². The van der Waals surface area contributed by atoms with Crippen molar-refractivity contribution in [1.29, 1.82) is 0 Å². The number of fused-ring (bicyclic) bond motifs is 1. The van der Waals surface area contributed by atoms with E-state index in [-0.39, 0.29) is 24.7 Å². The van der Waals surface area contributed by atoms with Crippen molar-refractivity contribution in [2.24, 2.45) is 0 Å². The summed E-state index contributed by atoms with van der Waals surface area (Å²) < 4.78 is 43.0. The van der Waals surface area contributed by atoms with Crippen LogP contribution in [0, 0.1) is 5.82 Å². The minimum atomic E-state index is -3.32. The summed E-state index contributed by atoms with van der Waals surface area (Å²) in [6, 6.07) is 3.86. The molecule has 1 heterocycles. The van der Waals surface area contributed by atoms with Crippen molar-refractivity contribution >= 4 is 15.7 Å². The lowest BCUT2D eigenvalue weighted by molar-refractivity contribution is 0.314. The van der Waals surface area contributed by atoms with Crippen LogP contribution in [0.25, 0.3) is 0 Å². The molecule has 88 valence electrons. The number of sulfonamides is 1. The first kappa shape index (κ1) is 11.2. The molecule has 0 N–H and O–H groups in total. The third-order valence-electron chi connectivity index (χ3n) is 2.44. The number of ether oxygens (including phenoxy) is 1. The molecule has 6 heteroatoms. The molecule has 0 atom stereocenters. The van der Waals surface area contributed by atoms with Gasteiger partial charge in [0.05, 0.1) is 18.0 Å². The fourth-order valence-electron chi connectivity index (χ4n) is 1.61. The predicted molar refractivity (Wildman–Crippen MR) is 58.7 cm³/mol. The Balaban J connectivity index is 2.49. The summed E-state index contributed by atoms with van der Waals surface area (Å²) in [7, 11) is -3.32. The van der Waals surface area contributed by atoms with Gasteiger partial charge in [0, 0.05) is 6.07 Å². The zero-order chi connectivity index (χ0) is 11.8. The summed E-state index contributed by atoms with van der Waals surface area (Å²) in [5.74, 6) is -0.137. The molecule has 4 nitrogen and oxygen atoms in total. The molecule has 0 radical (unpaired) electrons. The number of hydrogen-bond donors (Lipinski definition) is 0. The Bertz CT molecular complexity index is 501. The van der Waals surface area contributed by atoms with Crippen LogP contribution in [0.1, 0.15) is 6.92 Å². The number of benzene rings is 1. The summed E-state index contributed by atoms with van der Waals surface area (Å²) in [4.78, 5) is 0. The molecule has 2 rings (SSSR count). The van der Waals surface area contributed by atoms with Crippen LogP contribution in [-0.4, -0.2) is 27.3 Å². The molecule has 1 aromatic carbocycles. The number of nitrogens with zero attached hydrogens (tertiary/aromatic N) is 1. The molecular formula is C10H12FNO3S. The van der Waals surface area contributed by atoms with Gasteiger partial charge in [-0.15, -0.1) is 0 Å². The molecule has 1 aliphatic rings. The minimum Gasteiger partial charge on any atom is -0.489 e. The van der Waals surface area contributed by atoms with Gasteiger partial charge < -0.3 is 4.74 Å². The monoisotopic (exact) mass is 245 g/mol. The molecule has 0 aromatic heterocycles. The second kappa shape index (κ2) is 3.93. The highest BCUT2D eigenvalue weighted by molar-refractivity contribution is 7.92. The molecular weight excluding hydrogens is 233 g/mol. The molecule has 1 aliphatic heterocycles. The van der Waals surface area contributed by atoms with Gasteiger partial charge in [0.1, 0.15) is 18.2 Å². The summed E-state index contributed by atoms with van der Waals surface area (Å²) in [6.07, 6.45) is 0. The zero-order valence-corrected chi connectivity index (χ0v) is 9.63. The van der Waals surface area contributed by atoms with Crippen molar-refractivity contribution in [3.8, 4) is 5.75 Å². The SMILES string of the molecule is CCS(=O)(=O)N1CCOc2cc(F)ccc21. The van der Waals surface area contributed by atoms with Crippen molar-refractivity contribution < 1.29 is 17.5 Å².